The molecule has 2 bridgehead atoms. The van der Waals surface area contributed by atoms with E-state index in [1.807, 2.05) is 31.3 Å². The van der Waals surface area contributed by atoms with E-state index >= 15 is 0 Å². The molecule has 2 unspecified atom stereocenters. The number of amides is 1. The first kappa shape index (κ1) is 17.2. The fourth-order valence-electron chi connectivity index (χ4n) is 4.40. The summed E-state index contributed by atoms with van der Waals surface area (Å²) in [5.41, 5.74) is 1.55. The number of aryl methyl sites for hydroxylation is 1. The predicted molar refractivity (Wildman–Crippen MR) is 97.6 cm³/mol. The number of fused-ring (bicyclic) bond motifs is 3. The summed E-state index contributed by atoms with van der Waals surface area (Å²) < 4.78 is 1.70. The van der Waals surface area contributed by atoms with Crippen LogP contribution in [0.25, 0.3) is 10.9 Å². The normalized spacial score (nSPS) is 26.8. The first-order chi connectivity index (χ1) is 11.1. The number of hydrogen-bond donors (Lipinski definition) is 1. The van der Waals surface area contributed by atoms with Gasteiger partial charge in [-0.1, -0.05) is 24.6 Å². The summed E-state index contributed by atoms with van der Waals surface area (Å²) in [6.07, 6.45) is 5.97. The molecule has 24 heavy (non-hydrogen) atoms. The molecule has 5 nitrogen and oxygen atoms in total. The Hall–Kier alpha value is -1.59. The van der Waals surface area contributed by atoms with Gasteiger partial charge in [-0.2, -0.15) is 5.10 Å². The Morgan fingerprint density at radius 1 is 1.17 bits per heavy atom. The van der Waals surface area contributed by atoms with Gasteiger partial charge in [0, 0.05) is 30.6 Å². The molecule has 4 rings (SSSR count). The highest BCUT2D eigenvalue weighted by Crippen LogP contribution is 2.32. The van der Waals surface area contributed by atoms with Crippen LogP contribution in [-0.2, 0) is 7.05 Å². The summed E-state index contributed by atoms with van der Waals surface area (Å²) in [5, 5.41) is 8.65. The Labute approximate surface area is 148 Å². The molecular formula is C18H25ClN4O. The number of carbonyl (C=O) groups is 1. The molecule has 2 aromatic rings. The summed E-state index contributed by atoms with van der Waals surface area (Å²) >= 11 is 0. The third-order valence-electron chi connectivity index (χ3n) is 5.63. The van der Waals surface area contributed by atoms with E-state index in [-0.39, 0.29) is 24.4 Å². The lowest BCUT2D eigenvalue weighted by molar-refractivity contribution is 0.0461. The van der Waals surface area contributed by atoms with Crippen LogP contribution in [-0.4, -0.2) is 45.8 Å². The van der Waals surface area contributed by atoms with E-state index in [1.54, 1.807) is 4.68 Å². The number of nitrogens with one attached hydrogen (secondary N) is 1. The van der Waals surface area contributed by atoms with Crippen LogP contribution in [0.4, 0.5) is 0 Å². The third kappa shape index (κ3) is 2.91. The molecule has 0 spiro atoms. The van der Waals surface area contributed by atoms with Crippen molar-refractivity contribution in [3.63, 3.8) is 0 Å². The number of piperidine rings is 2. The van der Waals surface area contributed by atoms with Gasteiger partial charge in [-0.05, 0) is 38.8 Å². The number of hydrogen-bond acceptors (Lipinski definition) is 3. The zero-order valence-electron chi connectivity index (χ0n) is 14.2. The molecule has 2 aliphatic heterocycles. The van der Waals surface area contributed by atoms with Crippen LogP contribution >= 0.6 is 12.4 Å². The Balaban J connectivity index is 0.00000169. The second kappa shape index (κ2) is 6.73. The first-order valence-electron chi connectivity index (χ1n) is 8.58. The van der Waals surface area contributed by atoms with Gasteiger partial charge in [0.1, 0.15) is 5.69 Å². The molecule has 1 aromatic carbocycles. The van der Waals surface area contributed by atoms with Crippen molar-refractivity contribution in [1.82, 2.24) is 20.0 Å². The smallest absolute Gasteiger partial charge is 0.270 e. The first-order valence-corrected chi connectivity index (χ1v) is 8.58. The average Bonchev–Trinajstić information content (AvgIpc) is 2.84. The highest BCUT2D eigenvalue weighted by molar-refractivity contribution is 6.05. The maximum absolute atomic E-state index is 12.8. The molecule has 6 heteroatoms. The number of benzene rings is 1. The minimum absolute atomic E-state index is 0. The predicted octanol–water partition coefficient (Wildman–Crippen LogP) is 2.74. The van der Waals surface area contributed by atoms with Gasteiger partial charge in [-0.25, -0.2) is 0 Å². The largest absolute Gasteiger partial charge is 0.348 e. The lowest BCUT2D eigenvalue weighted by Gasteiger charge is -2.47. The van der Waals surface area contributed by atoms with Crippen LogP contribution in [0.3, 0.4) is 0 Å². The van der Waals surface area contributed by atoms with Gasteiger partial charge >= 0.3 is 0 Å². The SMILES string of the molecule is CN1C2CCCC1CC(NC(=O)c1c3ccccc3nn1C)C2.Cl. The van der Waals surface area contributed by atoms with Crippen molar-refractivity contribution in [3.05, 3.63) is 30.0 Å². The number of nitrogens with zero attached hydrogens (tertiary/aromatic N) is 3. The fraction of sp³-hybridized carbons (Fsp3) is 0.556. The third-order valence-corrected chi connectivity index (χ3v) is 5.63. The van der Waals surface area contributed by atoms with Crippen molar-refractivity contribution < 1.29 is 4.79 Å². The maximum Gasteiger partial charge on any atom is 0.270 e. The lowest BCUT2D eigenvalue weighted by Crippen LogP contribution is -2.55. The minimum atomic E-state index is 0. The van der Waals surface area contributed by atoms with Crippen LogP contribution < -0.4 is 5.32 Å². The van der Waals surface area contributed by atoms with Crippen LogP contribution in [0.15, 0.2) is 24.3 Å². The summed E-state index contributed by atoms with van der Waals surface area (Å²) in [4.78, 5) is 15.3. The summed E-state index contributed by atoms with van der Waals surface area (Å²) in [5.74, 6) is 0.00817. The van der Waals surface area contributed by atoms with Crippen LogP contribution in [0.1, 0.15) is 42.6 Å². The monoisotopic (exact) mass is 348 g/mol. The fourth-order valence-corrected chi connectivity index (χ4v) is 4.40. The van der Waals surface area contributed by atoms with E-state index in [0.717, 1.165) is 23.7 Å². The molecule has 1 aromatic heterocycles. The average molecular weight is 349 g/mol. The van der Waals surface area contributed by atoms with Crippen molar-refractivity contribution in [2.45, 2.75) is 50.2 Å². The molecule has 2 fully saturated rings. The topological polar surface area (TPSA) is 50.2 Å². The standard InChI is InChI=1S/C18H24N4O.ClH/c1-21-13-6-5-7-14(21)11-12(10-13)19-18(23)17-15-8-3-4-9-16(15)20-22(17)2;/h3-4,8-9,12-14H,5-7,10-11H2,1-2H3,(H,19,23);1H. The van der Waals surface area contributed by atoms with Crippen molar-refractivity contribution in [2.24, 2.45) is 7.05 Å². The Morgan fingerprint density at radius 3 is 2.54 bits per heavy atom. The summed E-state index contributed by atoms with van der Waals surface area (Å²) in [6.45, 7) is 0. The Bertz CT molecular complexity index is 730. The van der Waals surface area contributed by atoms with Crippen LogP contribution in [0.5, 0.6) is 0 Å². The maximum atomic E-state index is 12.8. The van der Waals surface area contributed by atoms with Gasteiger partial charge in [-0.15, -0.1) is 12.4 Å². The van der Waals surface area contributed by atoms with Gasteiger partial charge in [0.05, 0.1) is 5.52 Å². The number of carbonyl (C=O) groups excluding carboxylic acids is 1. The number of aromatic nitrogens is 2. The zero-order chi connectivity index (χ0) is 16.0. The van der Waals surface area contributed by atoms with E-state index < -0.39 is 0 Å². The molecule has 0 radical (unpaired) electrons. The van der Waals surface area contributed by atoms with E-state index in [4.69, 9.17) is 0 Å². The van der Waals surface area contributed by atoms with Gasteiger partial charge in [0.2, 0.25) is 0 Å². The molecule has 2 aliphatic rings. The van der Waals surface area contributed by atoms with Gasteiger partial charge in [0.25, 0.3) is 5.91 Å². The number of halogens is 1. The minimum Gasteiger partial charge on any atom is -0.348 e. The van der Waals surface area contributed by atoms with Crippen LogP contribution in [0, 0.1) is 0 Å². The van der Waals surface area contributed by atoms with Crippen molar-refractivity contribution in [1.29, 1.82) is 0 Å². The quantitative estimate of drug-likeness (QED) is 0.907. The second-order valence-electron chi connectivity index (χ2n) is 7.04. The van der Waals surface area contributed by atoms with E-state index in [2.05, 4.69) is 22.4 Å². The summed E-state index contributed by atoms with van der Waals surface area (Å²) in [7, 11) is 4.08. The van der Waals surface area contributed by atoms with Gasteiger partial charge in [-0.3, -0.25) is 9.48 Å². The molecule has 0 saturated carbocycles. The molecule has 2 atom stereocenters. The molecule has 0 aliphatic carbocycles. The van der Waals surface area contributed by atoms with Crippen molar-refractivity contribution >= 4 is 29.2 Å². The second-order valence-corrected chi connectivity index (χ2v) is 7.04. The number of rotatable bonds is 2. The highest BCUT2D eigenvalue weighted by Gasteiger charge is 2.36. The molecule has 1 amide bonds. The highest BCUT2D eigenvalue weighted by atomic mass is 35.5. The molecule has 3 heterocycles. The van der Waals surface area contributed by atoms with Crippen molar-refractivity contribution in [2.75, 3.05) is 7.05 Å². The van der Waals surface area contributed by atoms with Crippen LogP contribution in [0.2, 0.25) is 0 Å². The lowest BCUT2D eigenvalue weighted by atomic mass is 9.82. The molecule has 1 N–H and O–H groups in total. The molecule has 2 saturated heterocycles. The molecular weight excluding hydrogens is 324 g/mol. The van der Waals surface area contributed by atoms with Crippen molar-refractivity contribution in [3.8, 4) is 0 Å². The van der Waals surface area contributed by atoms with Gasteiger partial charge < -0.3 is 10.2 Å². The summed E-state index contributed by atoms with van der Waals surface area (Å²) in [6, 6.07) is 9.36. The van der Waals surface area contributed by atoms with E-state index in [1.165, 1.54) is 19.3 Å². The van der Waals surface area contributed by atoms with E-state index in [0.29, 0.717) is 17.8 Å². The molecule has 130 valence electrons. The zero-order valence-corrected chi connectivity index (χ0v) is 15.1. The Morgan fingerprint density at radius 2 is 1.83 bits per heavy atom. The Kier molecular flexibility index (Phi) is 4.83. The van der Waals surface area contributed by atoms with Gasteiger partial charge in [0.15, 0.2) is 0 Å². The van der Waals surface area contributed by atoms with E-state index in [9.17, 15) is 4.79 Å².